The van der Waals surface area contributed by atoms with Crippen molar-refractivity contribution < 1.29 is 130 Å². The average molecular weight is 2160 g/mol. The SMILES string of the molecule is C.CC(C)(C)OC(=O)N1CC([C@@H](CO)NC(=O)c2ccc3c(Oc4ccc(C(F)(F)F)cc4)cccc3c2)C1.CC(C)(C)OC(=O)N1CC([C@@H](COCc2ccccc2)NC(=O)c2ccc3c(Oc4ccc(C(F)(F)F)cc4)cccc3c2)C1.NCC1COC[C@H]1NC(=O)c1ccc2c(Oc3ccc(C(F)(F)F)cc3)cccc2c1.O=C(N[C@H](CO)C1CNC1)c1ccc2c(Oc3ccc(C(F)(F)F)cc3)cccc2c1.S.S.S.S. The van der Waals surface area contributed by atoms with Crippen LogP contribution in [0.1, 0.15) is 118 Å². The zero-order valence-corrected chi connectivity index (χ0v) is 85.4. The molecule has 4 heterocycles. The molecule has 4 fully saturated rings. The van der Waals surface area contributed by atoms with Crippen LogP contribution in [0.25, 0.3) is 43.1 Å². The zero-order chi connectivity index (χ0) is 104. The molecule has 0 saturated carbocycles. The van der Waals surface area contributed by atoms with Crippen molar-refractivity contribution in [1.29, 1.82) is 0 Å². The molecule has 0 aliphatic carbocycles. The maximum absolute atomic E-state index is 13.5. The Morgan fingerprint density at radius 1 is 0.387 bits per heavy atom. The van der Waals surface area contributed by atoms with Gasteiger partial charge in [0, 0.05) is 107 Å². The van der Waals surface area contributed by atoms with Crippen molar-refractivity contribution in [3.05, 3.63) is 323 Å². The summed E-state index contributed by atoms with van der Waals surface area (Å²) in [6, 6.07) is 67.9. The maximum Gasteiger partial charge on any atom is 0.416 e. The lowest BCUT2D eigenvalue weighted by Gasteiger charge is -2.43. The van der Waals surface area contributed by atoms with E-state index in [0.29, 0.717) is 114 Å². The van der Waals surface area contributed by atoms with Crippen LogP contribution in [-0.4, -0.2) is 170 Å². The molecule has 5 atom stereocenters. The number of carbonyl (C=O) groups excluding carboxylic acids is 6. The van der Waals surface area contributed by atoms with Gasteiger partial charge in [-0.2, -0.15) is 107 Å². The summed E-state index contributed by atoms with van der Waals surface area (Å²) in [6.07, 6.45) is -18.5. The van der Waals surface area contributed by atoms with Crippen LogP contribution in [0.15, 0.2) is 273 Å². The number of amides is 6. The molecule has 0 aromatic heterocycles. The maximum atomic E-state index is 13.5. The van der Waals surface area contributed by atoms with E-state index in [9.17, 15) is 91.7 Å². The molecule has 17 rings (SSSR count). The number of benzene rings is 13. The molecule has 40 heteroatoms. The Labute approximate surface area is 886 Å². The van der Waals surface area contributed by atoms with E-state index >= 15 is 0 Å². The van der Waals surface area contributed by atoms with Crippen LogP contribution >= 0.6 is 54.0 Å². The van der Waals surface area contributed by atoms with Crippen LogP contribution in [0.4, 0.5) is 62.3 Å². The summed E-state index contributed by atoms with van der Waals surface area (Å²) in [6.45, 7) is 15.5. The fourth-order valence-corrected chi connectivity index (χ4v) is 16.2. The van der Waals surface area contributed by atoms with Crippen LogP contribution in [0, 0.1) is 23.7 Å². The molecule has 150 heavy (non-hydrogen) atoms. The van der Waals surface area contributed by atoms with Crippen LogP contribution in [-0.2, 0) is 50.3 Å². The van der Waals surface area contributed by atoms with Gasteiger partial charge in [0.25, 0.3) is 23.6 Å². The molecule has 802 valence electrons. The van der Waals surface area contributed by atoms with Gasteiger partial charge in [-0.1, -0.05) is 86.3 Å². The number of ether oxygens (including phenoxy) is 8. The standard InChI is InChI=1S/C35H35F3N2O5.C28H29F3N2O5.2C23H21F3N2O3.CH4.4H2S/c1-34(2,3)45-33(42)40-19-26(20-40)30(22-43-21-23-8-5-4-6-9-23)39-32(41)25-12-17-29-24(18-25)10-7-11-31(29)44-28-15-13-27(14-16-28)35(36,37)38;1-27(2,3)38-26(36)33-14-19(15-33)23(16-34)32-25(35)18-7-12-22-17(13-18)5-4-6-24(22)37-21-10-8-20(9-11-21)28(29,30)31;24-23(25,26)17-5-7-18(8-6-17)31-21-3-1-2-14-10-15(4-9-19(14)21)22(29)28-20-13-30-12-16(20)11-27;24-23(25,26)17-5-7-18(8-6-17)31-21-3-1-2-14-10-15(4-9-19(14)21)22(30)28-20(13-29)16-11-27-12-16;;;;;/h4-18,26,30H,19-22H2,1-3H3,(H,39,41);4-13,19,23,34H,14-16H2,1-3H3,(H,32,35);1-10,16,20H,11-13,27H2,(H,28,29);1-10,16,20,27,29H,11-13H2,(H,28,30);1H4;4*1H2/t30-;23-;16?,20-;20-;;;;;/m1111...../s1. The van der Waals surface area contributed by atoms with Gasteiger partial charge in [0.05, 0.1) is 86.1 Å². The summed E-state index contributed by atoms with van der Waals surface area (Å²) >= 11 is 0. The van der Waals surface area contributed by atoms with E-state index in [2.05, 4.69) is 26.6 Å². The van der Waals surface area contributed by atoms with E-state index in [1.165, 1.54) is 53.4 Å². The number of alkyl halides is 12. The number of aliphatic hydroxyl groups is 2. The van der Waals surface area contributed by atoms with Gasteiger partial charge in [-0.05, 0) is 269 Å². The molecule has 13 aromatic carbocycles. The van der Waals surface area contributed by atoms with Gasteiger partial charge in [-0.3, -0.25) is 19.2 Å². The molecule has 13 aromatic rings. The van der Waals surface area contributed by atoms with Crippen LogP contribution in [0.5, 0.6) is 46.0 Å². The molecule has 0 bridgehead atoms. The molecular weight excluding hydrogens is 2050 g/mol. The summed E-state index contributed by atoms with van der Waals surface area (Å²) in [4.78, 5) is 79.5. The van der Waals surface area contributed by atoms with Crippen LogP contribution in [0.3, 0.4) is 0 Å². The second-order valence-corrected chi connectivity index (χ2v) is 37.2. The van der Waals surface area contributed by atoms with Crippen molar-refractivity contribution in [1.82, 2.24) is 36.4 Å². The van der Waals surface area contributed by atoms with Gasteiger partial charge in [0.1, 0.15) is 57.2 Å². The highest BCUT2D eigenvalue weighted by Gasteiger charge is 2.43. The fraction of sp³-hybridized carbons (Fsp3) is 0.309. The molecule has 4 aliphatic rings. The largest absolute Gasteiger partial charge is 0.457 e. The van der Waals surface area contributed by atoms with E-state index in [0.717, 1.165) is 94.1 Å². The second-order valence-electron chi connectivity index (χ2n) is 37.2. The molecule has 9 N–H and O–H groups in total. The quantitative estimate of drug-likeness (QED) is 0.0234. The molecule has 1 unspecified atom stereocenters. The normalized spacial score (nSPS) is 15.2. The summed E-state index contributed by atoms with van der Waals surface area (Å²) in [5.41, 5.74) is 4.24. The molecule has 24 nitrogen and oxygen atoms in total. The first-order chi connectivity index (χ1) is 68.9. The lowest BCUT2D eigenvalue weighted by Crippen LogP contribution is -2.60. The molecule has 0 spiro atoms. The van der Waals surface area contributed by atoms with E-state index in [-0.39, 0.29) is 170 Å². The lowest BCUT2D eigenvalue weighted by atomic mass is 9.92. The van der Waals surface area contributed by atoms with Gasteiger partial charge >= 0.3 is 36.9 Å². The number of hydrogen-bond acceptors (Lipinski definition) is 18. The van der Waals surface area contributed by atoms with Crippen LogP contribution < -0.4 is 51.3 Å². The number of carbonyl (C=O) groups is 6. The highest BCUT2D eigenvalue weighted by atomic mass is 32.1. The van der Waals surface area contributed by atoms with Gasteiger partial charge in [-0.25, -0.2) is 9.59 Å². The van der Waals surface area contributed by atoms with Crippen LogP contribution in [0.2, 0.25) is 0 Å². The summed E-state index contributed by atoms with van der Waals surface area (Å²) < 4.78 is 199. The first-order valence-electron chi connectivity index (χ1n) is 46.4. The number of fused-ring (bicyclic) bond motifs is 4. The Morgan fingerprint density at radius 2 is 0.687 bits per heavy atom. The molecule has 6 amide bonds. The van der Waals surface area contributed by atoms with Gasteiger partial charge in [0.15, 0.2) is 0 Å². The van der Waals surface area contributed by atoms with Crippen molar-refractivity contribution >= 4 is 133 Å². The highest BCUT2D eigenvalue weighted by Crippen LogP contribution is 2.41. The van der Waals surface area contributed by atoms with Crippen molar-refractivity contribution in [2.75, 3.05) is 78.8 Å². The molecule has 0 radical (unpaired) electrons. The summed E-state index contributed by atoms with van der Waals surface area (Å²) in [7, 11) is 0. The average Bonchev–Trinajstić information content (AvgIpc) is 1.36. The fourth-order valence-electron chi connectivity index (χ4n) is 16.2. The third kappa shape index (κ3) is 32.4. The zero-order valence-electron chi connectivity index (χ0n) is 81.4. The Bertz CT molecular complexity index is 6570. The number of nitrogens with zero attached hydrogens (tertiary/aromatic N) is 2. The number of hydrogen-bond donors (Lipinski definition) is 8. The van der Waals surface area contributed by atoms with Gasteiger partial charge < -0.3 is 90.2 Å². The van der Waals surface area contributed by atoms with Gasteiger partial charge in [0.2, 0.25) is 0 Å². The Kier molecular flexibility index (Phi) is 42.1. The number of nitrogens with one attached hydrogen (secondary N) is 5. The van der Waals surface area contributed by atoms with Crippen molar-refractivity contribution in [3.8, 4) is 46.0 Å². The van der Waals surface area contributed by atoms with E-state index < -0.39 is 76.4 Å². The van der Waals surface area contributed by atoms with Crippen molar-refractivity contribution in [3.63, 3.8) is 0 Å². The molecular formula is C110H118F12N8O16S4. The Morgan fingerprint density at radius 3 is 0.973 bits per heavy atom. The third-order valence-corrected chi connectivity index (χ3v) is 24.3. The predicted molar refractivity (Wildman–Crippen MR) is 568 cm³/mol. The lowest BCUT2D eigenvalue weighted by molar-refractivity contribution is -0.138. The highest BCUT2D eigenvalue weighted by molar-refractivity contribution is 7.59. The topological polar surface area (TPSA) is 309 Å². The number of aliphatic hydroxyl groups excluding tert-OH is 2. The minimum absolute atomic E-state index is 0. The number of likely N-dealkylation sites (tertiary alicyclic amines) is 2. The number of rotatable bonds is 26. The third-order valence-electron chi connectivity index (χ3n) is 24.3. The minimum Gasteiger partial charge on any atom is -0.457 e. The molecule has 4 saturated heterocycles. The Hall–Kier alpha value is -13.2. The van der Waals surface area contributed by atoms with E-state index in [4.69, 9.17) is 43.6 Å². The van der Waals surface area contributed by atoms with Crippen molar-refractivity contribution in [2.45, 2.75) is 116 Å². The monoisotopic (exact) mass is 2160 g/mol. The first kappa shape index (κ1) is 120. The smallest absolute Gasteiger partial charge is 0.416 e. The minimum atomic E-state index is -4.43. The molecule has 4 aliphatic heterocycles. The second kappa shape index (κ2) is 52.5. The number of nitrogens with two attached hydrogens (primary N) is 1. The summed E-state index contributed by atoms with van der Waals surface area (Å²) in [5.74, 6) is 1.90. The number of halogens is 12. The predicted octanol–water partition coefficient (Wildman–Crippen LogP) is 22.8. The first-order valence-corrected chi connectivity index (χ1v) is 46.4. The van der Waals surface area contributed by atoms with Gasteiger partial charge in [-0.15, -0.1) is 0 Å². The van der Waals surface area contributed by atoms with E-state index in [1.807, 2.05) is 69.3 Å². The Balaban J connectivity index is 0.000000222. The van der Waals surface area contributed by atoms with E-state index in [1.54, 1.807) is 153 Å². The van der Waals surface area contributed by atoms with Crippen molar-refractivity contribution in [2.24, 2.45) is 29.4 Å². The summed E-state index contributed by atoms with van der Waals surface area (Å²) in [5, 5.41) is 40.1.